The van der Waals surface area contributed by atoms with E-state index in [0.717, 1.165) is 17.5 Å². The van der Waals surface area contributed by atoms with Crippen LogP contribution in [0.25, 0.3) is 10.9 Å². The first kappa shape index (κ1) is 23.0. The highest BCUT2D eigenvalue weighted by Crippen LogP contribution is 2.19. The number of rotatable bonds is 7. The van der Waals surface area contributed by atoms with Gasteiger partial charge in [-0.2, -0.15) is 0 Å². The Kier molecular flexibility index (Phi) is 6.59. The van der Waals surface area contributed by atoms with Crippen LogP contribution in [0.15, 0.2) is 77.7 Å². The van der Waals surface area contributed by atoms with Crippen LogP contribution in [0.3, 0.4) is 0 Å². The number of hydrogen-bond acceptors (Lipinski definition) is 4. The fourth-order valence-corrected chi connectivity index (χ4v) is 3.91. The van der Waals surface area contributed by atoms with Crippen LogP contribution in [0.4, 0.5) is 5.69 Å². The Morgan fingerprint density at radius 2 is 1.76 bits per heavy atom. The van der Waals surface area contributed by atoms with E-state index in [9.17, 15) is 14.4 Å². The maximum Gasteiger partial charge on any atom is 0.244 e. The van der Waals surface area contributed by atoms with E-state index in [4.69, 9.17) is 4.74 Å². The van der Waals surface area contributed by atoms with Crippen molar-refractivity contribution in [1.29, 1.82) is 0 Å². The predicted octanol–water partition coefficient (Wildman–Crippen LogP) is 4.75. The van der Waals surface area contributed by atoms with E-state index in [1.54, 1.807) is 60.2 Å². The van der Waals surface area contributed by atoms with Crippen LogP contribution in [0.1, 0.15) is 34.0 Å². The molecule has 6 heteroatoms. The van der Waals surface area contributed by atoms with Crippen LogP contribution in [0.5, 0.6) is 5.75 Å². The summed E-state index contributed by atoms with van der Waals surface area (Å²) in [5.74, 6) is -0.0217. The second-order valence-corrected chi connectivity index (χ2v) is 8.18. The number of ketones is 1. The summed E-state index contributed by atoms with van der Waals surface area (Å²) in [6.45, 7) is 3.86. The van der Waals surface area contributed by atoms with Gasteiger partial charge in [-0.15, -0.1) is 0 Å². The van der Waals surface area contributed by atoms with Crippen molar-refractivity contribution in [3.63, 3.8) is 0 Å². The molecule has 0 radical (unpaired) electrons. The topological polar surface area (TPSA) is 77.4 Å². The number of pyridine rings is 1. The zero-order chi connectivity index (χ0) is 24.2. The summed E-state index contributed by atoms with van der Waals surface area (Å²) in [5.41, 5.74) is 3.33. The number of hydrogen-bond donors (Lipinski definition) is 1. The lowest BCUT2D eigenvalue weighted by Crippen LogP contribution is -2.24. The summed E-state index contributed by atoms with van der Waals surface area (Å²) in [5, 5.41) is 3.25. The van der Waals surface area contributed by atoms with Gasteiger partial charge in [0.25, 0.3) is 0 Å². The Morgan fingerprint density at radius 3 is 2.47 bits per heavy atom. The predicted molar refractivity (Wildman–Crippen MR) is 134 cm³/mol. The first-order valence-electron chi connectivity index (χ1n) is 11.1. The van der Waals surface area contributed by atoms with Gasteiger partial charge in [-0.05, 0) is 43.2 Å². The molecule has 6 nitrogen and oxygen atoms in total. The van der Waals surface area contributed by atoms with Crippen LogP contribution in [-0.2, 0) is 17.8 Å². The van der Waals surface area contributed by atoms with Crippen molar-refractivity contribution >= 4 is 28.3 Å². The van der Waals surface area contributed by atoms with Gasteiger partial charge >= 0.3 is 0 Å². The summed E-state index contributed by atoms with van der Waals surface area (Å²) in [6, 6.07) is 19.7. The standard InChI is InChI=1S/C28H26N2O4/c1-4-19-9-11-20(12-10-19)27(32)24-16-30(25-13-8-18(2)14-23(25)28(24)33)17-26(31)29-21-6-5-7-22(15-21)34-3/h5-16H,4,17H2,1-3H3,(H,29,31). The summed E-state index contributed by atoms with van der Waals surface area (Å²) < 4.78 is 6.86. The fourth-order valence-electron chi connectivity index (χ4n) is 3.91. The first-order valence-corrected chi connectivity index (χ1v) is 11.1. The summed E-state index contributed by atoms with van der Waals surface area (Å²) in [7, 11) is 1.56. The number of aryl methyl sites for hydroxylation is 2. The van der Waals surface area contributed by atoms with E-state index in [1.807, 2.05) is 32.0 Å². The first-order chi connectivity index (χ1) is 16.4. The number of nitrogens with zero attached hydrogens (tertiary/aromatic N) is 1. The number of aromatic nitrogens is 1. The monoisotopic (exact) mass is 454 g/mol. The van der Waals surface area contributed by atoms with Crippen LogP contribution in [0.2, 0.25) is 0 Å². The molecule has 0 unspecified atom stereocenters. The minimum Gasteiger partial charge on any atom is -0.497 e. The molecule has 4 rings (SSSR count). The number of carbonyl (C=O) groups is 2. The van der Waals surface area contributed by atoms with Crippen LogP contribution < -0.4 is 15.5 Å². The van der Waals surface area contributed by atoms with Crippen molar-refractivity contribution in [2.45, 2.75) is 26.8 Å². The Bertz CT molecular complexity index is 1440. The maximum atomic E-state index is 13.3. The van der Waals surface area contributed by atoms with Crippen molar-refractivity contribution < 1.29 is 14.3 Å². The molecule has 1 amide bonds. The molecule has 172 valence electrons. The number of methoxy groups -OCH3 is 1. The zero-order valence-electron chi connectivity index (χ0n) is 19.4. The van der Waals surface area contributed by atoms with Crippen LogP contribution >= 0.6 is 0 Å². The minimum atomic E-state index is -0.363. The highest BCUT2D eigenvalue weighted by Gasteiger charge is 2.18. The molecular weight excluding hydrogens is 428 g/mol. The van der Waals surface area contributed by atoms with E-state index in [1.165, 1.54) is 6.20 Å². The van der Waals surface area contributed by atoms with Gasteiger partial charge in [-0.1, -0.05) is 48.9 Å². The van der Waals surface area contributed by atoms with E-state index in [-0.39, 0.29) is 29.2 Å². The minimum absolute atomic E-state index is 0.0385. The molecule has 34 heavy (non-hydrogen) atoms. The lowest BCUT2D eigenvalue weighted by Gasteiger charge is -2.14. The molecule has 0 aliphatic heterocycles. The molecule has 0 saturated carbocycles. The Morgan fingerprint density at radius 1 is 1.00 bits per heavy atom. The summed E-state index contributed by atoms with van der Waals surface area (Å²) in [4.78, 5) is 39.4. The lowest BCUT2D eigenvalue weighted by molar-refractivity contribution is -0.116. The molecule has 0 aliphatic carbocycles. The van der Waals surface area contributed by atoms with E-state index in [0.29, 0.717) is 27.9 Å². The van der Waals surface area contributed by atoms with E-state index >= 15 is 0 Å². The molecule has 0 aliphatic rings. The van der Waals surface area contributed by atoms with Gasteiger partial charge < -0.3 is 14.6 Å². The molecule has 1 N–H and O–H groups in total. The number of nitrogens with one attached hydrogen (secondary N) is 1. The molecule has 1 heterocycles. The second kappa shape index (κ2) is 9.75. The van der Waals surface area contributed by atoms with Gasteiger partial charge in [0.2, 0.25) is 11.3 Å². The summed E-state index contributed by atoms with van der Waals surface area (Å²) >= 11 is 0. The largest absolute Gasteiger partial charge is 0.497 e. The summed E-state index contributed by atoms with van der Waals surface area (Å²) in [6.07, 6.45) is 2.35. The maximum absolute atomic E-state index is 13.3. The molecule has 1 aromatic heterocycles. The number of ether oxygens (including phenoxy) is 1. The SMILES string of the molecule is CCc1ccc(C(=O)c2cn(CC(=O)Nc3cccc(OC)c3)c3ccc(C)cc3c2=O)cc1. The Labute approximate surface area is 197 Å². The average Bonchev–Trinajstić information content (AvgIpc) is 2.85. The Hall–Kier alpha value is -4.19. The number of anilines is 1. The third-order valence-electron chi connectivity index (χ3n) is 5.77. The molecular formula is C28H26N2O4. The molecule has 4 aromatic rings. The molecule has 0 fully saturated rings. The average molecular weight is 455 g/mol. The molecule has 3 aromatic carbocycles. The molecule has 0 saturated heterocycles. The van der Waals surface area contributed by atoms with Gasteiger partial charge in [0.1, 0.15) is 12.3 Å². The number of amides is 1. The van der Waals surface area contributed by atoms with Crippen LogP contribution in [-0.4, -0.2) is 23.4 Å². The second-order valence-electron chi connectivity index (χ2n) is 8.18. The normalized spacial score (nSPS) is 10.8. The van der Waals surface area contributed by atoms with E-state index < -0.39 is 0 Å². The van der Waals surface area contributed by atoms with Crippen molar-refractivity contribution in [2.24, 2.45) is 0 Å². The smallest absolute Gasteiger partial charge is 0.244 e. The van der Waals surface area contributed by atoms with Gasteiger partial charge in [-0.25, -0.2) is 0 Å². The third kappa shape index (κ3) is 4.76. The van der Waals surface area contributed by atoms with E-state index in [2.05, 4.69) is 5.32 Å². The van der Waals surface area contributed by atoms with Gasteiger partial charge in [0.15, 0.2) is 5.78 Å². The van der Waals surface area contributed by atoms with Gasteiger partial charge in [0, 0.05) is 28.9 Å². The van der Waals surface area contributed by atoms with Gasteiger partial charge in [-0.3, -0.25) is 14.4 Å². The number of benzene rings is 3. The Balaban J connectivity index is 1.73. The highest BCUT2D eigenvalue weighted by molar-refractivity contribution is 6.10. The molecule has 0 spiro atoms. The number of fused-ring (bicyclic) bond motifs is 1. The van der Waals surface area contributed by atoms with Crippen LogP contribution in [0, 0.1) is 6.92 Å². The zero-order valence-corrected chi connectivity index (χ0v) is 19.4. The van der Waals surface area contributed by atoms with Crippen molar-refractivity contribution in [2.75, 3.05) is 12.4 Å². The lowest BCUT2D eigenvalue weighted by atomic mass is 10.00. The van der Waals surface area contributed by atoms with Gasteiger partial charge in [0.05, 0.1) is 18.2 Å². The van der Waals surface area contributed by atoms with Crippen molar-refractivity contribution in [1.82, 2.24) is 4.57 Å². The fraction of sp³-hybridized carbons (Fsp3) is 0.179. The molecule has 0 atom stereocenters. The molecule has 0 bridgehead atoms. The quantitative estimate of drug-likeness (QED) is 0.409. The highest BCUT2D eigenvalue weighted by atomic mass is 16.5. The van der Waals surface area contributed by atoms with Crippen molar-refractivity contribution in [3.05, 3.63) is 105 Å². The number of carbonyl (C=O) groups excluding carboxylic acids is 2. The third-order valence-corrected chi connectivity index (χ3v) is 5.77. The van der Waals surface area contributed by atoms with Crippen molar-refractivity contribution in [3.8, 4) is 5.75 Å².